The molecule has 6 nitrogen and oxygen atoms in total. The van der Waals surface area contributed by atoms with Gasteiger partial charge in [0.2, 0.25) is 5.91 Å². The van der Waals surface area contributed by atoms with Crippen molar-refractivity contribution in [3.05, 3.63) is 29.1 Å². The summed E-state index contributed by atoms with van der Waals surface area (Å²) in [6.07, 6.45) is 0. The number of primary amides is 1. The predicted octanol–water partition coefficient (Wildman–Crippen LogP) is 0.0913. The molecule has 3 N–H and O–H groups in total. The standard InChI is InChI=1S/C10H10FNO5S/c1-5-7(11)2-6(10(14)15)3-8(5)18(16,17)4-9(12)13/h2-3H,4H2,1H3,(H2,12,13)(H,14,15). The van der Waals surface area contributed by atoms with Crippen LogP contribution in [0.5, 0.6) is 0 Å². The van der Waals surface area contributed by atoms with Crippen molar-refractivity contribution in [1.29, 1.82) is 0 Å². The molecule has 8 heteroatoms. The summed E-state index contributed by atoms with van der Waals surface area (Å²) in [5.74, 6) is -4.55. The van der Waals surface area contributed by atoms with Gasteiger partial charge in [-0.15, -0.1) is 0 Å². The van der Waals surface area contributed by atoms with Crippen molar-refractivity contribution in [3.8, 4) is 0 Å². The van der Waals surface area contributed by atoms with Crippen LogP contribution >= 0.6 is 0 Å². The number of sulfone groups is 1. The van der Waals surface area contributed by atoms with Gasteiger partial charge in [0.05, 0.1) is 10.5 Å². The average Bonchev–Trinajstić information content (AvgIpc) is 2.19. The minimum Gasteiger partial charge on any atom is -0.478 e. The van der Waals surface area contributed by atoms with E-state index in [2.05, 4.69) is 0 Å². The van der Waals surface area contributed by atoms with E-state index in [-0.39, 0.29) is 5.56 Å². The lowest BCUT2D eigenvalue weighted by Crippen LogP contribution is -2.24. The highest BCUT2D eigenvalue weighted by Gasteiger charge is 2.23. The second kappa shape index (κ2) is 4.73. The van der Waals surface area contributed by atoms with Crippen molar-refractivity contribution in [2.24, 2.45) is 5.73 Å². The molecule has 0 aliphatic carbocycles. The summed E-state index contributed by atoms with van der Waals surface area (Å²) < 4.78 is 36.9. The van der Waals surface area contributed by atoms with Gasteiger partial charge in [0.1, 0.15) is 11.6 Å². The number of carbonyl (C=O) groups is 2. The number of benzene rings is 1. The van der Waals surface area contributed by atoms with Crippen LogP contribution in [0.25, 0.3) is 0 Å². The number of nitrogens with two attached hydrogens (primary N) is 1. The van der Waals surface area contributed by atoms with E-state index in [0.29, 0.717) is 6.07 Å². The van der Waals surface area contributed by atoms with E-state index >= 15 is 0 Å². The molecular formula is C10H10FNO5S. The van der Waals surface area contributed by atoms with Crippen molar-refractivity contribution in [3.63, 3.8) is 0 Å². The third kappa shape index (κ3) is 2.83. The van der Waals surface area contributed by atoms with Crippen LogP contribution in [0.4, 0.5) is 4.39 Å². The molecule has 0 bridgehead atoms. The molecule has 0 aliphatic heterocycles. The lowest BCUT2D eigenvalue weighted by molar-refractivity contribution is -0.115. The average molecular weight is 275 g/mol. The van der Waals surface area contributed by atoms with Gasteiger partial charge >= 0.3 is 5.97 Å². The van der Waals surface area contributed by atoms with E-state index in [0.717, 1.165) is 6.07 Å². The van der Waals surface area contributed by atoms with Crippen molar-refractivity contribution in [2.45, 2.75) is 11.8 Å². The summed E-state index contributed by atoms with van der Waals surface area (Å²) in [7, 11) is -4.15. The molecule has 1 aromatic carbocycles. The van der Waals surface area contributed by atoms with Gasteiger partial charge in [0, 0.05) is 5.56 Å². The number of rotatable bonds is 4. The molecule has 18 heavy (non-hydrogen) atoms. The van der Waals surface area contributed by atoms with Crippen LogP contribution in [-0.4, -0.2) is 31.2 Å². The van der Waals surface area contributed by atoms with E-state index in [4.69, 9.17) is 10.8 Å². The van der Waals surface area contributed by atoms with Gasteiger partial charge in [-0.25, -0.2) is 17.6 Å². The zero-order valence-corrected chi connectivity index (χ0v) is 10.1. The summed E-state index contributed by atoms with van der Waals surface area (Å²) in [5.41, 5.74) is 4.01. The van der Waals surface area contributed by atoms with E-state index in [1.807, 2.05) is 0 Å². The normalized spacial score (nSPS) is 11.2. The van der Waals surface area contributed by atoms with E-state index in [1.165, 1.54) is 6.92 Å². The summed E-state index contributed by atoms with van der Waals surface area (Å²) in [4.78, 5) is 20.8. The van der Waals surface area contributed by atoms with Crippen molar-refractivity contribution >= 4 is 21.7 Å². The van der Waals surface area contributed by atoms with Gasteiger partial charge in [0.25, 0.3) is 0 Å². The Morgan fingerprint density at radius 1 is 1.39 bits per heavy atom. The monoisotopic (exact) mass is 275 g/mol. The topological polar surface area (TPSA) is 115 Å². The first-order valence-corrected chi connectivity index (χ1v) is 6.35. The fraction of sp³-hybridized carbons (Fsp3) is 0.200. The number of amides is 1. The lowest BCUT2D eigenvalue weighted by Gasteiger charge is -2.08. The number of carboxylic acid groups (broad SMARTS) is 1. The molecule has 0 saturated carbocycles. The largest absolute Gasteiger partial charge is 0.478 e. The minimum absolute atomic E-state index is 0.249. The van der Waals surface area contributed by atoms with Crippen LogP contribution in [0.1, 0.15) is 15.9 Å². The highest BCUT2D eigenvalue weighted by molar-refractivity contribution is 7.92. The van der Waals surface area contributed by atoms with Crippen LogP contribution in [0.3, 0.4) is 0 Å². The zero-order chi connectivity index (χ0) is 14.1. The maximum Gasteiger partial charge on any atom is 0.335 e. The number of hydrogen-bond donors (Lipinski definition) is 2. The molecule has 0 spiro atoms. The summed E-state index contributed by atoms with van der Waals surface area (Å²) in [5, 5.41) is 8.72. The van der Waals surface area contributed by atoms with Gasteiger partial charge < -0.3 is 10.8 Å². The third-order valence-electron chi connectivity index (χ3n) is 2.21. The quantitative estimate of drug-likeness (QED) is 0.808. The van der Waals surface area contributed by atoms with Gasteiger partial charge in [-0.1, -0.05) is 0 Å². The molecule has 0 radical (unpaired) electrons. The molecule has 98 valence electrons. The Kier molecular flexibility index (Phi) is 3.70. The van der Waals surface area contributed by atoms with E-state index in [1.54, 1.807) is 0 Å². The Balaban J connectivity index is 3.49. The molecule has 0 aliphatic rings. The maximum absolute atomic E-state index is 13.4. The SMILES string of the molecule is Cc1c(F)cc(C(=O)O)cc1S(=O)(=O)CC(N)=O. The number of halogens is 1. The maximum atomic E-state index is 13.4. The Morgan fingerprint density at radius 2 is 1.94 bits per heavy atom. The highest BCUT2D eigenvalue weighted by atomic mass is 32.2. The van der Waals surface area contributed by atoms with Gasteiger partial charge in [0.15, 0.2) is 9.84 Å². The van der Waals surface area contributed by atoms with Crippen molar-refractivity contribution in [2.75, 3.05) is 5.75 Å². The fourth-order valence-electron chi connectivity index (χ4n) is 1.37. The molecule has 0 saturated heterocycles. The van der Waals surface area contributed by atoms with Gasteiger partial charge in [-0.05, 0) is 19.1 Å². The third-order valence-corrected chi connectivity index (χ3v) is 3.97. The van der Waals surface area contributed by atoms with Crippen LogP contribution < -0.4 is 5.73 Å². The second-order valence-electron chi connectivity index (χ2n) is 3.61. The van der Waals surface area contributed by atoms with Crippen molar-refractivity contribution in [1.82, 2.24) is 0 Å². The number of carbonyl (C=O) groups excluding carboxylic acids is 1. The smallest absolute Gasteiger partial charge is 0.335 e. The Morgan fingerprint density at radius 3 is 2.39 bits per heavy atom. The fourth-order valence-corrected chi connectivity index (χ4v) is 2.77. The predicted molar refractivity (Wildman–Crippen MR) is 59.3 cm³/mol. The van der Waals surface area contributed by atoms with Crippen LogP contribution in [-0.2, 0) is 14.6 Å². The molecule has 0 unspecified atom stereocenters. The molecule has 0 aromatic heterocycles. The van der Waals surface area contributed by atoms with Gasteiger partial charge in [-0.3, -0.25) is 4.79 Å². The lowest BCUT2D eigenvalue weighted by atomic mass is 10.1. The number of aromatic carboxylic acids is 1. The molecule has 0 heterocycles. The molecule has 1 aromatic rings. The Hall–Kier alpha value is -1.96. The molecule has 1 rings (SSSR count). The molecule has 0 fully saturated rings. The Bertz CT molecular complexity index is 623. The number of hydrogen-bond acceptors (Lipinski definition) is 4. The first kappa shape index (κ1) is 14.1. The van der Waals surface area contributed by atoms with E-state index < -0.39 is 43.7 Å². The van der Waals surface area contributed by atoms with Crippen LogP contribution in [0, 0.1) is 12.7 Å². The Labute approximate surface area is 102 Å². The first-order chi connectivity index (χ1) is 8.15. The van der Waals surface area contributed by atoms with Gasteiger partial charge in [-0.2, -0.15) is 0 Å². The summed E-state index contributed by atoms with van der Waals surface area (Å²) in [6.45, 7) is 1.18. The summed E-state index contributed by atoms with van der Waals surface area (Å²) in [6, 6.07) is 1.51. The zero-order valence-electron chi connectivity index (χ0n) is 9.31. The number of carboxylic acids is 1. The van der Waals surface area contributed by atoms with Crippen molar-refractivity contribution < 1.29 is 27.5 Å². The highest BCUT2D eigenvalue weighted by Crippen LogP contribution is 2.21. The minimum atomic E-state index is -4.15. The molecular weight excluding hydrogens is 265 g/mol. The molecule has 1 amide bonds. The van der Waals surface area contributed by atoms with Crippen LogP contribution in [0.2, 0.25) is 0 Å². The second-order valence-corrected chi connectivity index (χ2v) is 5.57. The van der Waals surface area contributed by atoms with Crippen LogP contribution in [0.15, 0.2) is 17.0 Å². The molecule has 0 atom stereocenters. The van der Waals surface area contributed by atoms with E-state index in [9.17, 15) is 22.4 Å². The summed E-state index contributed by atoms with van der Waals surface area (Å²) >= 11 is 0. The first-order valence-electron chi connectivity index (χ1n) is 4.69.